The molecule has 1 N–H and O–H groups in total. The maximum absolute atomic E-state index is 13.5. The molecule has 1 saturated heterocycles. The summed E-state index contributed by atoms with van der Waals surface area (Å²) in [7, 11) is 0. The highest BCUT2D eigenvalue weighted by Gasteiger charge is 2.25. The van der Waals surface area contributed by atoms with Crippen molar-refractivity contribution in [1.29, 1.82) is 0 Å². The fraction of sp³-hybridized carbons (Fsp3) is 0.600. The van der Waals surface area contributed by atoms with Gasteiger partial charge in [-0.15, -0.1) is 12.4 Å². The van der Waals surface area contributed by atoms with Crippen LogP contribution in [-0.4, -0.2) is 31.1 Å². The van der Waals surface area contributed by atoms with Crippen molar-refractivity contribution in [2.24, 2.45) is 5.92 Å². The predicted molar refractivity (Wildman–Crippen MR) is 85.3 cm³/mol. The van der Waals surface area contributed by atoms with Gasteiger partial charge in [0, 0.05) is 37.2 Å². The number of nitrogens with zero attached hydrogens (tertiary/aromatic N) is 1. The Labute approximate surface area is 132 Å². The molecule has 1 aromatic carbocycles. The number of piperazine rings is 1. The van der Waals surface area contributed by atoms with Crippen LogP contribution in [0.1, 0.15) is 31.9 Å². The van der Waals surface area contributed by atoms with Crippen molar-refractivity contribution in [2.45, 2.75) is 26.3 Å². The molecule has 0 radical (unpaired) electrons. The van der Waals surface area contributed by atoms with Gasteiger partial charge in [0.1, 0.15) is 5.82 Å². The van der Waals surface area contributed by atoms with Crippen molar-refractivity contribution in [1.82, 2.24) is 10.2 Å². The molecule has 0 unspecified atom stereocenters. The lowest BCUT2D eigenvalue weighted by Gasteiger charge is -2.36. The minimum atomic E-state index is -0.205. The van der Waals surface area contributed by atoms with Crippen LogP contribution in [0.4, 0.5) is 4.39 Å². The van der Waals surface area contributed by atoms with Gasteiger partial charge in [0.2, 0.25) is 0 Å². The summed E-state index contributed by atoms with van der Waals surface area (Å²) < 4.78 is 13.5. The van der Waals surface area contributed by atoms with E-state index in [2.05, 4.69) is 24.1 Å². The highest BCUT2D eigenvalue weighted by atomic mass is 35.5. The van der Waals surface area contributed by atoms with Crippen LogP contribution >= 0.6 is 24.0 Å². The Morgan fingerprint density at radius 1 is 1.30 bits per heavy atom. The third kappa shape index (κ3) is 4.59. The number of hydrogen-bond acceptors (Lipinski definition) is 2. The minimum Gasteiger partial charge on any atom is -0.314 e. The SMILES string of the molecule is CC(C)C[C@@H](c1cc(F)ccc1Cl)N1CCNCC1.Cl. The summed E-state index contributed by atoms with van der Waals surface area (Å²) in [6, 6.07) is 4.90. The molecule has 0 aromatic heterocycles. The highest BCUT2D eigenvalue weighted by molar-refractivity contribution is 6.31. The molecule has 5 heteroatoms. The molecule has 2 nitrogen and oxygen atoms in total. The third-order valence-corrected chi connectivity index (χ3v) is 3.95. The number of nitrogens with one attached hydrogen (secondary N) is 1. The van der Waals surface area contributed by atoms with Crippen LogP contribution in [0.3, 0.4) is 0 Å². The van der Waals surface area contributed by atoms with Gasteiger partial charge in [-0.1, -0.05) is 25.4 Å². The fourth-order valence-corrected chi connectivity index (χ4v) is 2.93. The van der Waals surface area contributed by atoms with Crippen LogP contribution in [0.5, 0.6) is 0 Å². The number of benzene rings is 1. The quantitative estimate of drug-likeness (QED) is 0.905. The first kappa shape index (κ1) is 17.7. The third-order valence-electron chi connectivity index (χ3n) is 3.60. The van der Waals surface area contributed by atoms with E-state index >= 15 is 0 Å². The van der Waals surface area contributed by atoms with E-state index in [1.54, 1.807) is 12.1 Å². The normalized spacial score (nSPS) is 17.9. The average Bonchev–Trinajstić information content (AvgIpc) is 2.40. The number of halogens is 3. The fourth-order valence-electron chi connectivity index (χ4n) is 2.68. The van der Waals surface area contributed by atoms with Crippen molar-refractivity contribution in [3.8, 4) is 0 Å². The Morgan fingerprint density at radius 3 is 2.55 bits per heavy atom. The van der Waals surface area contributed by atoms with Crippen LogP contribution < -0.4 is 5.32 Å². The zero-order chi connectivity index (χ0) is 13.8. The van der Waals surface area contributed by atoms with Gasteiger partial charge in [0.15, 0.2) is 0 Å². The van der Waals surface area contributed by atoms with E-state index in [-0.39, 0.29) is 24.3 Å². The second-order valence-corrected chi connectivity index (χ2v) is 6.00. The molecule has 0 amide bonds. The van der Waals surface area contributed by atoms with Crippen molar-refractivity contribution in [3.63, 3.8) is 0 Å². The van der Waals surface area contributed by atoms with E-state index in [1.165, 1.54) is 6.07 Å². The van der Waals surface area contributed by atoms with E-state index < -0.39 is 0 Å². The van der Waals surface area contributed by atoms with Gasteiger partial charge in [-0.2, -0.15) is 0 Å². The van der Waals surface area contributed by atoms with Crippen molar-refractivity contribution < 1.29 is 4.39 Å². The van der Waals surface area contributed by atoms with Crippen LogP contribution in [0, 0.1) is 11.7 Å². The monoisotopic (exact) mass is 320 g/mol. The Bertz CT molecular complexity index is 420. The Morgan fingerprint density at radius 2 is 1.95 bits per heavy atom. The smallest absolute Gasteiger partial charge is 0.123 e. The minimum absolute atomic E-state index is 0. The van der Waals surface area contributed by atoms with Gasteiger partial charge in [-0.05, 0) is 36.1 Å². The summed E-state index contributed by atoms with van der Waals surface area (Å²) in [5, 5.41) is 4.02. The topological polar surface area (TPSA) is 15.3 Å². The van der Waals surface area contributed by atoms with Crippen LogP contribution in [0.2, 0.25) is 5.02 Å². The van der Waals surface area contributed by atoms with E-state index in [0.717, 1.165) is 38.2 Å². The molecule has 0 spiro atoms. The van der Waals surface area contributed by atoms with Crippen molar-refractivity contribution >= 4 is 24.0 Å². The molecule has 1 aliphatic heterocycles. The van der Waals surface area contributed by atoms with Gasteiger partial charge in [0.05, 0.1) is 0 Å². The molecule has 1 fully saturated rings. The zero-order valence-electron chi connectivity index (χ0n) is 12.0. The van der Waals surface area contributed by atoms with Crippen LogP contribution in [0.25, 0.3) is 0 Å². The van der Waals surface area contributed by atoms with E-state index in [9.17, 15) is 4.39 Å². The summed E-state index contributed by atoms with van der Waals surface area (Å²) >= 11 is 6.28. The number of rotatable bonds is 4. The average molecular weight is 321 g/mol. The Hall–Kier alpha value is -0.350. The maximum atomic E-state index is 13.5. The molecular weight excluding hydrogens is 298 g/mol. The van der Waals surface area contributed by atoms with Gasteiger partial charge < -0.3 is 5.32 Å². The second kappa shape index (κ2) is 8.18. The molecule has 1 heterocycles. The van der Waals surface area contributed by atoms with Crippen molar-refractivity contribution in [2.75, 3.05) is 26.2 Å². The van der Waals surface area contributed by atoms with Crippen molar-refractivity contribution in [3.05, 3.63) is 34.6 Å². The van der Waals surface area contributed by atoms with Gasteiger partial charge in [0.25, 0.3) is 0 Å². The Kier molecular flexibility index (Phi) is 7.24. The van der Waals surface area contributed by atoms with Gasteiger partial charge >= 0.3 is 0 Å². The molecule has 114 valence electrons. The first-order valence-electron chi connectivity index (χ1n) is 6.97. The summed E-state index contributed by atoms with van der Waals surface area (Å²) in [6.45, 7) is 8.35. The molecule has 0 bridgehead atoms. The number of hydrogen-bond donors (Lipinski definition) is 1. The molecule has 1 atom stereocenters. The molecule has 2 rings (SSSR count). The lowest BCUT2D eigenvalue weighted by atomic mass is 9.95. The highest BCUT2D eigenvalue weighted by Crippen LogP contribution is 2.33. The lowest BCUT2D eigenvalue weighted by molar-refractivity contribution is 0.154. The molecule has 1 aromatic rings. The largest absolute Gasteiger partial charge is 0.314 e. The molecule has 0 aliphatic carbocycles. The second-order valence-electron chi connectivity index (χ2n) is 5.60. The molecule has 20 heavy (non-hydrogen) atoms. The maximum Gasteiger partial charge on any atom is 0.123 e. The van der Waals surface area contributed by atoms with E-state index in [1.807, 2.05) is 0 Å². The van der Waals surface area contributed by atoms with Crippen LogP contribution in [-0.2, 0) is 0 Å². The Balaban J connectivity index is 0.00000200. The lowest BCUT2D eigenvalue weighted by Crippen LogP contribution is -2.45. The summed E-state index contributed by atoms with van der Waals surface area (Å²) in [5.74, 6) is 0.350. The summed E-state index contributed by atoms with van der Waals surface area (Å²) in [6.07, 6.45) is 1.00. The first-order chi connectivity index (χ1) is 9.08. The predicted octanol–water partition coefficient (Wildman–Crippen LogP) is 3.89. The summed E-state index contributed by atoms with van der Waals surface area (Å²) in [5.41, 5.74) is 0.928. The molecule has 0 saturated carbocycles. The van der Waals surface area contributed by atoms with Crippen LogP contribution in [0.15, 0.2) is 18.2 Å². The van der Waals surface area contributed by atoms with E-state index in [4.69, 9.17) is 11.6 Å². The zero-order valence-corrected chi connectivity index (χ0v) is 13.6. The molecular formula is C15H23Cl2FN2. The van der Waals surface area contributed by atoms with E-state index in [0.29, 0.717) is 10.9 Å². The summed E-state index contributed by atoms with van der Waals surface area (Å²) in [4.78, 5) is 2.41. The van der Waals surface area contributed by atoms with Gasteiger partial charge in [-0.25, -0.2) is 4.39 Å². The van der Waals surface area contributed by atoms with Gasteiger partial charge in [-0.3, -0.25) is 4.90 Å². The molecule has 1 aliphatic rings. The standard InChI is InChI=1S/C15H22ClFN2.ClH/c1-11(2)9-15(19-7-5-18-6-8-19)13-10-12(17)3-4-14(13)16;/h3-4,10-11,15,18H,5-9H2,1-2H3;1H/t15-;/m0./s1. The first-order valence-corrected chi connectivity index (χ1v) is 7.35.